The second kappa shape index (κ2) is 6.61. The average molecular weight is 289 g/mol. The van der Waals surface area contributed by atoms with Crippen LogP contribution in [0.5, 0.6) is 5.75 Å². The first kappa shape index (κ1) is 16.0. The Kier molecular flexibility index (Phi) is 5.04. The maximum atomic E-state index is 12.7. The molecule has 116 valence electrons. The van der Waals surface area contributed by atoms with E-state index in [-0.39, 0.29) is 17.1 Å². The zero-order valence-electron chi connectivity index (χ0n) is 13.7. The van der Waals surface area contributed by atoms with Gasteiger partial charge in [-0.15, -0.1) is 0 Å². The van der Waals surface area contributed by atoms with Crippen LogP contribution in [-0.4, -0.2) is 25.5 Å². The van der Waals surface area contributed by atoms with Gasteiger partial charge in [-0.05, 0) is 56.5 Å². The Morgan fingerprint density at radius 1 is 1.29 bits per heavy atom. The summed E-state index contributed by atoms with van der Waals surface area (Å²) >= 11 is 0. The van der Waals surface area contributed by atoms with Gasteiger partial charge in [-0.3, -0.25) is 4.79 Å². The number of carbonyl (C=O) groups excluding carboxylic acids is 1. The molecule has 0 atom stereocenters. The molecule has 1 fully saturated rings. The van der Waals surface area contributed by atoms with Crippen LogP contribution in [0.25, 0.3) is 0 Å². The molecule has 1 heterocycles. The number of Topliss-reactive ketones (excluding diaryl/α,β-unsaturated/α-hetero) is 1. The summed E-state index contributed by atoms with van der Waals surface area (Å²) in [7, 11) is 0. The summed E-state index contributed by atoms with van der Waals surface area (Å²) in [5.74, 6) is 1.34. The SMILES string of the molecule is CCOc1ccc(C(=O)C2CCNCC2)cc1C(C)(C)C. The molecular weight excluding hydrogens is 262 g/mol. The number of rotatable bonds is 4. The summed E-state index contributed by atoms with van der Waals surface area (Å²) in [6.07, 6.45) is 1.88. The van der Waals surface area contributed by atoms with Crippen LogP contribution in [0.2, 0.25) is 0 Å². The van der Waals surface area contributed by atoms with Crippen LogP contribution in [0.4, 0.5) is 0 Å². The molecule has 1 aliphatic rings. The van der Waals surface area contributed by atoms with Crippen LogP contribution >= 0.6 is 0 Å². The molecule has 2 rings (SSSR count). The second-order valence-corrected chi connectivity index (χ2v) is 6.78. The van der Waals surface area contributed by atoms with Crippen LogP contribution in [-0.2, 0) is 5.41 Å². The molecule has 0 aliphatic carbocycles. The third-order valence-electron chi connectivity index (χ3n) is 4.08. The number of ether oxygens (including phenoxy) is 1. The van der Waals surface area contributed by atoms with Gasteiger partial charge in [0.15, 0.2) is 5.78 Å². The van der Waals surface area contributed by atoms with Crippen molar-refractivity contribution in [2.45, 2.75) is 46.0 Å². The van der Waals surface area contributed by atoms with Crippen LogP contribution in [0.3, 0.4) is 0 Å². The highest BCUT2D eigenvalue weighted by Crippen LogP contribution is 2.33. The van der Waals surface area contributed by atoms with Crippen molar-refractivity contribution in [3.63, 3.8) is 0 Å². The van der Waals surface area contributed by atoms with Gasteiger partial charge in [-0.1, -0.05) is 20.8 Å². The van der Waals surface area contributed by atoms with Crippen LogP contribution in [0, 0.1) is 5.92 Å². The van der Waals surface area contributed by atoms with Crippen molar-refractivity contribution in [2.24, 2.45) is 5.92 Å². The van der Waals surface area contributed by atoms with Crippen LogP contribution < -0.4 is 10.1 Å². The van der Waals surface area contributed by atoms with E-state index in [9.17, 15) is 4.79 Å². The van der Waals surface area contributed by atoms with Crippen molar-refractivity contribution in [3.8, 4) is 5.75 Å². The van der Waals surface area contributed by atoms with Gasteiger partial charge in [-0.25, -0.2) is 0 Å². The van der Waals surface area contributed by atoms with Crippen LogP contribution in [0.15, 0.2) is 18.2 Å². The van der Waals surface area contributed by atoms with Gasteiger partial charge in [0.25, 0.3) is 0 Å². The summed E-state index contributed by atoms with van der Waals surface area (Å²) in [6.45, 7) is 11.0. The number of carbonyl (C=O) groups is 1. The van der Waals surface area contributed by atoms with Crippen LogP contribution in [0.1, 0.15) is 56.5 Å². The van der Waals surface area contributed by atoms with E-state index in [0.717, 1.165) is 42.8 Å². The van der Waals surface area contributed by atoms with E-state index in [4.69, 9.17) is 4.74 Å². The number of hydrogen-bond donors (Lipinski definition) is 1. The first-order chi connectivity index (χ1) is 9.93. The normalized spacial score (nSPS) is 16.8. The van der Waals surface area contributed by atoms with E-state index >= 15 is 0 Å². The van der Waals surface area contributed by atoms with Crippen molar-refractivity contribution in [2.75, 3.05) is 19.7 Å². The predicted octanol–water partition coefficient (Wildman–Crippen LogP) is 3.57. The molecule has 0 amide bonds. The summed E-state index contributed by atoms with van der Waals surface area (Å²) in [4.78, 5) is 12.7. The Morgan fingerprint density at radius 2 is 1.95 bits per heavy atom. The van der Waals surface area contributed by atoms with E-state index in [0.29, 0.717) is 6.61 Å². The highest BCUT2D eigenvalue weighted by atomic mass is 16.5. The fourth-order valence-corrected chi connectivity index (χ4v) is 2.87. The smallest absolute Gasteiger partial charge is 0.166 e. The van der Waals surface area contributed by atoms with Gasteiger partial charge >= 0.3 is 0 Å². The topological polar surface area (TPSA) is 38.3 Å². The molecule has 3 nitrogen and oxygen atoms in total. The summed E-state index contributed by atoms with van der Waals surface area (Å²) < 4.78 is 5.72. The third kappa shape index (κ3) is 3.85. The molecule has 0 bridgehead atoms. The molecule has 3 heteroatoms. The molecule has 0 spiro atoms. The maximum Gasteiger partial charge on any atom is 0.166 e. The first-order valence-electron chi connectivity index (χ1n) is 7.95. The zero-order valence-corrected chi connectivity index (χ0v) is 13.7. The number of benzene rings is 1. The Labute approximate surface area is 128 Å². The summed E-state index contributed by atoms with van der Waals surface area (Å²) in [6, 6.07) is 5.92. The zero-order chi connectivity index (χ0) is 15.5. The molecule has 0 saturated carbocycles. The average Bonchev–Trinajstić information content (AvgIpc) is 2.47. The van der Waals surface area contributed by atoms with Gasteiger partial charge in [-0.2, -0.15) is 0 Å². The van der Waals surface area contributed by atoms with Crippen molar-refractivity contribution < 1.29 is 9.53 Å². The lowest BCUT2D eigenvalue weighted by Gasteiger charge is -2.25. The van der Waals surface area contributed by atoms with Gasteiger partial charge < -0.3 is 10.1 Å². The van der Waals surface area contributed by atoms with E-state index < -0.39 is 0 Å². The maximum absolute atomic E-state index is 12.7. The number of piperidine rings is 1. The number of hydrogen-bond acceptors (Lipinski definition) is 3. The first-order valence-corrected chi connectivity index (χ1v) is 7.95. The molecule has 0 unspecified atom stereocenters. The Morgan fingerprint density at radius 3 is 2.52 bits per heavy atom. The quantitative estimate of drug-likeness (QED) is 0.861. The van der Waals surface area contributed by atoms with Gasteiger partial charge in [0.1, 0.15) is 5.75 Å². The largest absolute Gasteiger partial charge is 0.494 e. The number of ketones is 1. The number of nitrogens with one attached hydrogen (secondary N) is 1. The minimum absolute atomic E-state index is 0.0328. The molecule has 1 aromatic carbocycles. The minimum Gasteiger partial charge on any atom is -0.494 e. The van der Waals surface area contributed by atoms with Crippen molar-refractivity contribution in [1.82, 2.24) is 5.32 Å². The fourth-order valence-electron chi connectivity index (χ4n) is 2.87. The summed E-state index contributed by atoms with van der Waals surface area (Å²) in [5.41, 5.74) is 1.91. The molecule has 0 aromatic heterocycles. The second-order valence-electron chi connectivity index (χ2n) is 6.78. The van der Waals surface area contributed by atoms with Gasteiger partial charge in [0, 0.05) is 17.0 Å². The molecular formula is C18H27NO2. The lowest BCUT2D eigenvalue weighted by Crippen LogP contribution is -2.32. The van der Waals surface area contributed by atoms with E-state index in [1.165, 1.54) is 0 Å². The van der Waals surface area contributed by atoms with Crippen molar-refractivity contribution in [3.05, 3.63) is 29.3 Å². The van der Waals surface area contributed by atoms with E-state index in [1.54, 1.807) is 0 Å². The lowest BCUT2D eigenvalue weighted by atomic mass is 9.83. The molecule has 1 aliphatic heterocycles. The fraction of sp³-hybridized carbons (Fsp3) is 0.611. The van der Waals surface area contributed by atoms with Crippen molar-refractivity contribution >= 4 is 5.78 Å². The lowest BCUT2D eigenvalue weighted by molar-refractivity contribution is 0.0895. The minimum atomic E-state index is -0.0328. The molecule has 21 heavy (non-hydrogen) atoms. The summed E-state index contributed by atoms with van der Waals surface area (Å²) in [5, 5.41) is 3.31. The Hall–Kier alpha value is -1.35. The molecule has 1 aromatic rings. The van der Waals surface area contributed by atoms with E-state index in [2.05, 4.69) is 26.1 Å². The van der Waals surface area contributed by atoms with E-state index in [1.807, 2.05) is 25.1 Å². The molecule has 1 N–H and O–H groups in total. The standard InChI is InChI=1S/C18H27NO2/c1-5-21-16-7-6-14(12-15(16)18(2,3)4)17(20)13-8-10-19-11-9-13/h6-7,12-13,19H,5,8-11H2,1-4H3. The van der Waals surface area contributed by atoms with Gasteiger partial charge in [0.05, 0.1) is 6.61 Å². The van der Waals surface area contributed by atoms with Gasteiger partial charge in [0.2, 0.25) is 0 Å². The highest BCUT2D eigenvalue weighted by Gasteiger charge is 2.25. The Balaban J connectivity index is 2.30. The monoisotopic (exact) mass is 289 g/mol. The van der Waals surface area contributed by atoms with Crippen molar-refractivity contribution in [1.29, 1.82) is 0 Å². The molecule has 0 radical (unpaired) electrons. The predicted molar refractivity (Wildman–Crippen MR) is 86.2 cm³/mol. The third-order valence-corrected chi connectivity index (χ3v) is 4.08. The Bertz CT molecular complexity index is 496. The molecule has 1 saturated heterocycles. The highest BCUT2D eigenvalue weighted by molar-refractivity contribution is 5.98.